The van der Waals surface area contributed by atoms with E-state index in [1.807, 2.05) is 39.2 Å². The Kier molecular flexibility index (Phi) is 2.60. The summed E-state index contributed by atoms with van der Waals surface area (Å²) in [5.41, 5.74) is 2.87. The number of oxazole rings is 1. The van der Waals surface area contributed by atoms with E-state index >= 15 is 0 Å². The average molecular weight is 205 g/mol. The van der Waals surface area contributed by atoms with E-state index in [0.29, 0.717) is 5.89 Å². The Morgan fingerprint density at radius 2 is 2.27 bits per heavy atom. The van der Waals surface area contributed by atoms with Gasteiger partial charge < -0.3 is 14.6 Å². The maximum Gasteiger partial charge on any atom is 0.192 e. The highest BCUT2D eigenvalue weighted by atomic mass is 16.3. The van der Waals surface area contributed by atoms with Gasteiger partial charge in [0.05, 0.1) is 6.67 Å². The van der Waals surface area contributed by atoms with Gasteiger partial charge in [-0.25, -0.2) is 4.98 Å². The molecule has 1 aromatic heterocycles. The lowest BCUT2D eigenvalue weighted by atomic mass is 10.3. The largest absolute Gasteiger partial charge is 0.441 e. The number of nitrogens with zero attached hydrogens (tertiary/aromatic N) is 2. The first kappa shape index (κ1) is 9.98. The first-order chi connectivity index (χ1) is 7.20. The molecule has 2 aromatic rings. The molecule has 0 aliphatic heterocycles. The van der Waals surface area contributed by atoms with Crippen LogP contribution in [0.4, 0.5) is 5.69 Å². The van der Waals surface area contributed by atoms with Crippen molar-refractivity contribution < 1.29 is 4.42 Å². The average Bonchev–Trinajstić information content (AvgIpc) is 2.57. The first-order valence-electron chi connectivity index (χ1n) is 4.93. The van der Waals surface area contributed by atoms with Gasteiger partial charge in [0.25, 0.3) is 0 Å². The summed E-state index contributed by atoms with van der Waals surface area (Å²) < 4.78 is 5.48. The second-order valence-electron chi connectivity index (χ2n) is 3.59. The van der Waals surface area contributed by atoms with Gasteiger partial charge in [0.15, 0.2) is 11.5 Å². The van der Waals surface area contributed by atoms with Crippen molar-refractivity contribution >= 4 is 16.8 Å². The first-order valence-corrected chi connectivity index (χ1v) is 4.93. The zero-order chi connectivity index (χ0) is 10.8. The number of hydrogen-bond donors (Lipinski definition) is 1. The number of aryl methyl sites for hydroxylation is 1. The van der Waals surface area contributed by atoms with Gasteiger partial charge in [-0.15, -0.1) is 0 Å². The summed E-state index contributed by atoms with van der Waals surface area (Å²) >= 11 is 0. The van der Waals surface area contributed by atoms with Crippen LogP contribution in [-0.4, -0.2) is 25.7 Å². The highest BCUT2D eigenvalue weighted by Gasteiger charge is 2.05. The third-order valence-electron chi connectivity index (χ3n) is 2.32. The molecule has 0 radical (unpaired) electrons. The van der Waals surface area contributed by atoms with Crippen molar-refractivity contribution in [3.05, 3.63) is 24.1 Å². The summed E-state index contributed by atoms with van der Waals surface area (Å²) in [5.74, 6) is 0.707. The maximum absolute atomic E-state index is 5.48. The summed E-state index contributed by atoms with van der Waals surface area (Å²) in [6.45, 7) is 2.66. The third kappa shape index (κ3) is 1.94. The topological polar surface area (TPSA) is 41.3 Å². The number of anilines is 1. The maximum atomic E-state index is 5.48. The van der Waals surface area contributed by atoms with Crippen molar-refractivity contribution in [2.75, 3.05) is 25.7 Å². The molecule has 0 bridgehead atoms. The van der Waals surface area contributed by atoms with Crippen LogP contribution < -0.4 is 10.2 Å². The number of aromatic nitrogens is 1. The predicted octanol–water partition coefficient (Wildman–Crippen LogP) is 1.75. The lowest BCUT2D eigenvalue weighted by Gasteiger charge is -2.18. The molecular formula is C11H15N3O. The minimum absolute atomic E-state index is 0.707. The molecule has 15 heavy (non-hydrogen) atoms. The van der Waals surface area contributed by atoms with Gasteiger partial charge in [-0.2, -0.15) is 0 Å². The minimum atomic E-state index is 0.707. The van der Waals surface area contributed by atoms with Crippen LogP contribution in [0.3, 0.4) is 0 Å². The zero-order valence-electron chi connectivity index (χ0n) is 9.24. The molecule has 0 spiro atoms. The molecule has 0 atom stereocenters. The van der Waals surface area contributed by atoms with E-state index in [1.54, 1.807) is 0 Å². The fourth-order valence-electron chi connectivity index (χ4n) is 1.59. The molecule has 0 fully saturated rings. The number of hydrogen-bond acceptors (Lipinski definition) is 4. The molecule has 1 N–H and O–H groups in total. The smallest absolute Gasteiger partial charge is 0.192 e. The van der Waals surface area contributed by atoms with Gasteiger partial charge in [-0.3, -0.25) is 0 Å². The second kappa shape index (κ2) is 3.90. The SMILES string of the molecule is CNCN(C)c1ccc2nc(C)oc2c1. The van der Waals surface area contributed by atoms with E-state index < -0.39 is 0 Å². The Balaban J connectivity index is 2.37. The molecule has 80 valence electrons. The Morgan fingerprint density at radius 3 is 3.00 bits per heavy atom. The normalized spacial score (nSPS) is 10.9. The lowest BCUT2D eigenvalue weighted by molar-refractivity contribution is 0.561. The number of fused-ring (bicyclic) bond motifs is 1. The standard InChI is InChI=1S/C11H15N3O/c1-8-13-10-5-4-9(6-11(10)15-8)14(3)7-12-2/h4-6,12H,7H2,1-3H3. The van der Waals surface area contributed by atoms with Gasteiger partial charge in [0.2, 0.25) is 0 Å². The monoisotopic (exact) mass is 205 g/mol. The summed E-state index contributed by atoms with van der Waals surface area (Å²) in [4.78, 5) is 6.37. The molecule has 0 unspecified atom stereocenters. The van der Waals surface area contributed by atoms with Gasteiger partial charge in [0.1, 0.15) is 5.52 Å². The molecule has 1 heterocycles. The van der Waals surface area contributed by atoms with Gasteiger partial charge in [-0.05, 0) is 19.2 Å². The van der Waals surface area contributed by atoms with Crippen LogP contribution in [0.15, 0.2) is 22.6 Å². The third-order valence-corrected chi connectivity index (χ3v) is 2.32. The van der Waals surface area contributed by atoms with Crippen molar-refractivity contribution in [1.29, 1.82) is 0 Å². The van der Waals surface area contributed by atoms with Gasteiger partial charge in [-0.1, -0.05) is 0 Å². The molecule has 0 saturated carbocycles. The Labute approximate surface area is 88.9 Å². The van der Waals surface area contributed by atoms with Crippen molar-refractivity contribution in [2.24, 2.45) is 0 Å². The van der Waals surface area contributed by atoms with Gasteiger partial charge >= 0.3 is 0 Å². The molecule has 4 nitrogen and oxygen atoms in total. The highest BCUT2D eigenvalue weighted by molar-refractivity contribution is 5.77. The van der Waals surface area contributed by atoms with E-state index in [1.165, 1.54) is 0 Å². The van der Waals surface area contributed by atoms with Crippen LogP contribution in [-0.2, 0) is 0 Å². The van der Waals surface area contributed by atoms with Gasteiger partial charge in [0, 0.05) is 25.7 Å². The molecule has 0 saturated heterocycles. The predicted molar refractivity (Wildman–Crippen MR) is 61.1 cm³/mol. The molecule has 1 aromatic carbocycles. The number of nitrogens with one attached hydrogen (secondary N) is 1. The second-order valence-corrected chi connectivity index (χ2v) is 3.59. The fraction of sp³-hybridized carbons (Fsp3) is 0.364. The molecule has 0 aliphatic carbocycles. The van der Waals surface area contributed by atoms with E-state index in [0.717, 1.165) is 23.5 Å². The lowest BCUT2D eigenvalue weighted by Crippen LogP contribution is -2.28. The fourth-order valence-corrected chi connectivity index (χ4v) is 1.59. The number of benzene rings is 1. The highest BCUT2D eigenvalue weighted by Crippen LogP contribution is 2.21. The summed E-state index contributed by atoms with van der Waals surface area (Å²) in [5, 5.41) is 3.10. The molecular weight excluding hydrogens is 190 g/mol. The van der Waals surface area contributed by atoms with Crippen LogP contribution in [0, 0.1) is 6.92 Å². The quantitative estimate of drug-likeness (QED) is 0.775. The summed E-state index contributed by atoms with van der Waals surface area (Å²) in [6.07, 6.45) is 0. The van der Waals surface area contributed by atoms with Crippen molar-refractivity contribution in [2.45, 2.75) is 6.92 Å². The summed E-state index contributed by atoms with van der Waals surface area (Å²) in [7, 11) is 3.95. The van der Waals surface area contributed by atoms with E-state index in [-0.39, 0.29) is 0 Å². The zero-order valence-corrected chi connectivity index (χ0v) is 9.24. The van der Waals surface area contributed by atoms with Crippen LogP contribution in [0.5, 0.6) is 0 Å². The Morgan fingerprint density at radius 1 is 1.47 bits per heavy atom. The Hall–Kier alpha value is -1.55. The molecule has 0 aliphatic rings. The molecule has 4 heteroatoms. The van der Waals surface area contributed by atoms with Crippen LogP contribution in [0.25, 0.3) is 11.1 Å². The van der Waals surface area contributed by atoms with E-state index in [9.17, 15) is 0 Å². The molecule has 0 amide bonds. The van der Waals surface area contributed by atoms with Crippen molar-refractivity contribution in [3.63, 3.8) is 0 Å². The van der Waals surface area contributed by atoms with Crippen LogP contribution in [0.1, 0.15) is 5.89 Å². The van der Waals surface area contributed by atoms with Crippen molar-refractivity contribution in [3.8, 4) is 0 Å². The Bertz CT molecular complexity index is 464. The van der Waals surface area contributed by atoms with Crippen molar-refractivity contribution in [1.82, 2.24) is 10.3 Å². The van der Waals surface area contributed by atoms with E-state index in [2.05, 4.69) is 15.2 Å². The molecule has 2 rings (SSSR count). The van der Waals surface area contributed by atoms with E-state index in [4.69, 9.17) is 4.42 Å². The minimum Gasteiger partial charge on any atom is -0.441 e. The summed E-state index contributed by atoms with van der Waals surface area (Å²) in [6, 6.07) is 6.03. The van der Waals surface area contributed by atoms with Crippen LogP contribution in [0.2, 0.25) is 0 Å². The number of rotatable bonds is 3. The van der Waals surface area contributed by atoms with Crippen LogP contribution >= 0.6 is 0 Å².